The average Bonchev–Trinajstić information content (AvgIpc) is 3.08. The minimum Gasteiger partial charge on any atom is -0.370 e. The van der Waals surface area contributed by atoms with Crippen LogP contribution in [0.25, 0.3) is 5.65 Å². The second kappa shape index (κ2) is 7.03. The van der Waals surface area contributed by atoms with Gasteiger partial charge in [-0.1, -0.05) is 12.1 Å². The van der Waals surface area contributed by atoms with Gasteiger partial charge in [0.15, 0.2) is 0 Å². The molecule has 1 aliphatic heterocycles. The van der Waals surface area contributed by atoms with Gasteiger partial charge in [-0.15, -0.1) is 0 Å². The Labute approximate surface area is 146 Å². The van der Waals surface area contributed by atoms with Gasteiger partial charge in [-0.25, -0.2) is 9.97 Å². The molecule has 0 aromatic carbocycles. The molecule has 0 spiro atoms. The first-order valence-electron chi connectivity index (χ1n) is 8.62. The first kappa shape index (κ1) is 15.8. The van der Waals surface area contributed by atoms with Crippen LogP contribution < -0.4 is 10.9 Å². The summed E-state index contributed by atoms with van der Waals surface area (Å²) in [5.41, 5.74) is 1.53. The second-order valence-electron chi connectivity index (χ2n) is 6.50. The first-order valence-corrected chi connectivity index (χ1v) is 8.62. The SMILES string of the molecule is O=c1cc(CN2CC[C@H](CNc3ccccn3)C2)nc2ccccn12. The molecule has 0 amide bonds. The predicted octanol–water partition coefficient (Wildman–Crippen LogP) is 2.02. The van der Waals surface area contributed by atoms with E-state index in [0.29, 0.717) is 11.6 Å². The maximum absolute atomic E-state index is 12.2. The van der Waals surface area contributed by atoms with Gasteiger partial charge in [-0.3, -0.25) is 14.1 Å². The number of nitrogens with one attached hydrogen (secondary N) is 1. The normalized spacial score (nSPS) is 17.8. The molecule has 0 aliphatic carbocycles. The highest BCUT2D eigenvalue weighted by Crippen LogP contribution is 2.18. The van der Waals surface area contributed by atoms with Gasteiger partial charge in [-0.05, 0) is 43.1 Å². The molecule has 128 valence electrons. The Bertz CT molecular complexity index is 908. The Morgan fingerprint density at radius 2 is 2.12 bits per heavy atom. The van der Waals surface area contributed by atoms with Gasteiger partial charge in [0.1, 0.15) is 11.5 Å². The van der Waals surface area contributed by atoms with E-state index < -0.39 is 0 Å². The molecule has 0 saturated carbocycles. The van der Waals surface area contributed by atoms with Gasteiger partial charge < -0.3 is 5.32 Å². The van der Waals surface area contributed by atoms with Crippen molar-refractivity contribution in [3.8, 4) is 0 Å². The van der Waals surface area contributed by atoms with Gasteiger partial charge in [0, 0.05) is 38.1 Å². The number of fused-ring (bicyclic) bond motifs is 1. The van der Waals surface area contributed by atoms with Crippen LogP contribution in [0.1, 0.15) is 12.1 Å². The molecule has 1 atom stereocenters. The van der Waals surface area contributed by atoms with Gasteiger partial charge in [0.2, 0.25) is 0 Å². The van der Waals surface area contributed by atoms with Crippen LogP contribution in [0.4, 0.5) is 5.82 Å². The molecule has 3 aromatic rings. The second-order valence-corrected chi connectivity index (χ2v) is 6.50. The molecule has 3 aromatic heterocycles. The topological polar surface area (TPSA) is 62.5 Å². The highest BCUT2D eigenvalue weighted by molar-refractivity contribution is 5.38. The molecule has 4 rings (SSSR count). The van der Waals surface area contributed by atoms with E-state index in [1.54, 1.807) is 22.9 Å². The van der Waals surface area contributed by atoms with Crippen molar-refractivity contribution in [1.29, 1.82) is 0 Å². The summed E-state index contributed by atoms with van der Waals surface area (Å²) in [7, 11) is 0. The summed E-state index contributed by atoms with van der Waals surface area (Å²) in [5.74, 6) is 1.51. The molecule has 6 heteroatoms. The minimum atomic E-state index is -0.0202. The maximum Gasteiger partial charge on any atom is 0.258 e. The third kappa shape index (κ3) is 3.69. The summed E-state index contributed by atoms with van der Waals surface area (Å²) in [4.78, 5) is 23.5. The van der Waals surface area contributed by atoms with Crippen LogP contribution in [-0.2, 0) is 6.54 Å². The zero-order valence-electron chi connectivity index (χ0n) is 14.0. The Kier molecular flexibility index (Phi) is 4.43. The summed E-state index contributed by atoms with van der Waals surface area (Å²) in [6.45, 7) is 3.68. The van der Waals surface area contributed by atoms with E-state index in [1.165, 1.54) is 0 Å². The number of anilines is 1. The minimum absolute atomic E-state index is 0.0202. The van der Waals surface area contributed by atoms with Crippen molar-refractivity contribution < 1.29 is 0 Å². The van der Waals surface area contributed by atoms with Crippen LogP contribution in [0.3, 0.4) is 0 Å². The van der Waals surface area contributed by atoms with E-state index in [2.05, 4.69) is 20.2 Å². The van der Waals surface area contributed by atoms with Gasteiger partial charge in [-0.2, -0.15) is 0 Å². The molecular formula is C19H21N5O. The highest BCUT2D eigenvalue weighted by Gasteiger charge is 2.22. The summed E-state index contributed by atoms with van der Waals surface area (Å²) in [6, 6.07) is 13.2. The van der Waals surface area contributed by atoms with Crippen LogP contribution in [0.15, 0.2) is 59.7 Å². The van der Waals surface area contributed by atoms with Crippen LogP contribution in [-0.4, -0.2) is 38.9 Å². The van der Waals surface area contributed by atoms with E-state index in [-0.39, 0.29) is 5.56 Å². The molecule has 1 fully saturated rings. The lowest BCUT2D eigenvalue weighted by Gasteiger charge is -2.16. The Hall–Kier alpha value is -2.73. The molecule has 25 heavy (non-hydrogen) atoms. The quantitative estimate of drug-likeness (QED) is 0.773. The standard InChI is InChI=1S/C19H21N5O/c25-19-11-16(22-18-6-2-4-9-24(18)19)14-23-10-7-15(13-23)12-21-17-5-1-3-8-20-17/h1-6,8-9,11,15H,7,10,12-14H2,(H,20,21)/t15-/m1/s1. The van der Waals surface area contributed by atoms with Crippen LogP contribution in [0, 0.1) is 5.92 Å². The summed E-state index contributed by atoms with van der Waals surface area (Å²) in [6.07, 6.45) is 4.70. The van der Waals surface area contributed by atoms with E-state index in [9.17, 15) is 4.79 Å². The first-order chi connectivity index (χ1) is 12.3. The van der Waals surface area contributed by atoms with Crippen molar-refractivity contribution in [3.05, 3.63) is 70.9 Å². The summed E-state index contributed by atoms with van der Waals surface area (Å²) < 4.78 is 1.58. The number of aromatic nitrogens is 3. The number of hydrogen-bond acceptors (Lipinski definition) is 5. The lowest BCUT2D eigenvalue weighted by molar-refractivity contribution is 0.315. The van der Waals surface area contributed by atoms with Crippen molar-refractivity contribution >= 4 is 11.5 Å². The molecule has 1 aliphatic rings. The van der Waals surface area contributed by atoms with Gasteiger partial charge in [0.05, 0.1) is 5.69 Å². The van der Waals surface area contributed by atoms with Gasteiger partial charge >= 0.3 is 0 Å². The molecule has 0 unspecified atom stereocenters. The van der Waals surface area contributed by atoms with Crippen molar-refractivity contribution in [2.75, 3.05) is 25.0 Å². The summed E-state index contributed by atoms with van der Waals surface area (Å²) in [5, 5.41) is 3.40. The van der Waals surface area contributed by atoms with Crippen molar-refractivity contribution in [2.45, 2.75) is 13.0 Å². The summed E-state index contributed by atoms with van der Waals surface area (Å²) >= 11 is 0. The molecule has 6 nitrogen and oxygen atoms in total. The zero-order chi connectivity index (χ0) is 17.1. The third-order valence-electron chi connectivity index (χ3n) is 4.62. The Morgan fingerprint density at radius 1 is 1.20 bits per heavy atom. The fourth-order valence-corrected chi connectivity index (χ4v) is 3.35. The third-order valence-corrected chi connectivity index (χ3v) is 4.62. The monoisotopic (exact) mass is 335 g/mol. The van der Waals surface area contributed by atoms with Crippen molar-refractivity contribution in [2.24, 2.45) is 5.92 Å². The zero-order valence-corrected chi connectivity index (χ0v) is 14.0. The van der Waals surface area contributed by atoms with Crippen LogP contribution >= 0.6 is 0 Å². The van der Waals surface area contributed by atoms with E-state index >= 15 is 0 Å². The lowest BCUT2D eigenvalue weighted by Crippen LogP contribution is -2.25. The van der Waals surface area contributed by atoms with Crippen molar-refractivity contribution in [3.63, 3.8) is 0 Å². The lowest BCUT2D eigenvalue weighted by atomic mass is 10.1. The molecule has 4 heterocycles. The fraction of sp³-hybridized carbons (Fsp3) is 0.316. The molecular weight excluding hydrogens is 314 g/mol. The maximum atomic E-state index is 12.2. The van der Waals surface area contributed by atoms with Crippen molar-refractivity contribution in [1.82, 2.24) is 19.3 Å². The number of nitrogens with zero attached hydrogens (tertiary/aromatic N) is 4. The predicted molar refractivity (Wildman–Crippen MR) is 97.6 cm³/mol. The molecule has 1 saturated heterocycles. The molecule has 0 radical (unpaired) electrons. The average molecular weight is 335 g/mol. The van der Waals surface area contributed by atoms with Gasteiger partial charge in [0.25, 0.3) is 5.56 Å². The molecule has 0 bridgehead atoms. The number of likely N-dealkylation sites (tertiary alicyclic amines) is 1. The Morgan fingerprint density at radius 3 is 3.00 bits per heavy atom. The van der Waals surface area contributed by atoms with E-state index in [0.717, 1.165) is 44.1 Å². The van der Waals surface area contributed by atoms with E-state index in [4.69, 9.17) is 0 Å². The van der Waals surface area contributed by atoms with Crippen LogP contribution in [0.5, 0.6) is 0 Å². The molecule has 1 N–H and O–H groups in total. The fourth-order valence-electron chi connectivity index (χ4n) is 3.35. The Balaban J connectivity index is 1.37. The number of rotatable bonds is 5. The largest absolute Gasteiger partial charge is 0.370 e. The smallest absolute Gasteiger partial charge is 0.258 e. The van der Waals surface area contributed by atoms with E-state index in [1.807, 2.05) is 36.4 Å². The van der Waals surface area contributed by atoms with Crippen LogP contribution in [0.2, 0.25) is 0 Å². The highest BCUT2D eigenvalue weighted by atomic mass is 16.1. The number of hydrogen-bond donors (Lipinski definition) is 1. The number of pyridine rings is 2.